The molecule has 0 bridgehead atoms. The Hall–Kier alpha value is -3.74. The van der Waals surface area contributed by atoms with Gasteiger partial charge >= 0.3 is 0 Å². The third kappa shape index (κ3) is 4.31. The summed E-state index contributed by atoms with van der Waals surface area (Å²) in [5.74, 6) is -0.762. The summed E-state index contributed by atoms with van der Waals surface area (Å²) in [6.45, 7) is 5.75. The lowest BCUT2D eigenvalue weighted by molar-refractivity contribution is 0.0910. The zero-order valence-electron chi connectivity index (χ0n) is 19.0. The number of amides is 1. The molecule has 0 saturated heterocycles. The summed E-state index contributed by atoms with van der Waals surface area (Å²) < 4.78 is 20.0. The van der Waals surface area contributed by atoms with E-state index >= 15 is 0 Å². The van der Waals surface area contributed by atoms with E-state index < -0.39 is 22.7 Å². The topological polar surface area (TPSA) is 77.4 Å². The van der Waals surface area contributed by atoms with Crippen molar-refractivity contribution in [3.8, 4) is 11.4 Å². The summed E-state index contributed by atoms with van der Waals surface area (Å²) in [7, 11) is 1.49. The average molecular weight is 448 g/mol. The van der Waals surface area contributed by atoms with E-state index in [4.69, 9.17) is 4.74 Å². The van der Waals surface area contributed by atoms with Crippen molar-refractivity contribution in [2.75, 3.05) is 12.4 Å². The van der Waals surface area contributed by atoms with Gasteiger partial charge in [-0.1, -0.05) is 19.9 Å². The molecule has 0 unspecified atom stereocenters. The molecule has 33 heavy (non-hydrogen) atoms. The molecule has 4 rings (SSSR count). The van der Waals surface area contributed by atoms with Gasteiger partial charge in [0.15, 0.2) is 5.78 Å². The molecule has 0 fully saturated rings. The molecule has 0 spiro atoms. The fraction of sp³-hybridized carbons (Fsp3) is 0.269. The maximum Gasteiger partial charge on any atom is 0.268 e. The Morgan fingerprint density at radius 1 is 1.09 bits per heavy atom. The molecule has 1 aliphatic carbocycles. The van der Waals surface area contributed by atoms with E-state index in [1.165, 1.54) is 42.1 Å². The Kier molecular flexibility index (Phi) is 5.66. The van der Waals surface area contributed by atoms with Crippen LogP contribution in [0, 0.1) is 18.2 Å². The summed E-state index contributed by atoms with van der Waals surface area (Å²) in [6, 6.07) is 10.7. The number of ether oxygens (including phenoxy) is 1. The van der Waals surface area contributed by atoms with Crippen molar-refractivity contribution in [1.29, 1.82) is 0 Å². The monoisotopic (exact) mass is 448 g/mol. The smallest absolute Gasteiger partial charge is 0.268 e. The van der Waals surface area contributed by atoms with Gasteiger partial charge in [0.1, 0.15) is 17.1 Å². The number of nitrogens with zero attached hydrogens (tertiary/aromatic N) is 1. The van der Waals surface area contributed by atoms with Crippen molar-refractivity contribution in [3.63, 3.8) is 0 Å². The van der Waals surface area contributed by atoms with E-state index in [-0.39, 0.29) is 11.3 Å². The van der Waals surface area contributed by atoms with Gasteiger partial charge in [-0.05, 0) is 66.3 Å². The summed E-state index contributed by atoms with van der Waals surface area (Å²) in [4.78, 5) is 40.1. The maximum atomic E-state index is 13.6. The zero-order chi connectivity index (χ0) is 23.9. The van der Waals surface area contributed by atoms with E-state index in [9.17, 15) is 18.8 Å². The number of hydrogen-bond acceptors (Lipinski definition) is 4. The number of nitrogens with one attached hydrogen (secondary N) is 1. The lowest BCUT2D eigenvalue weighted by Crippen LogP contribution is -2.37. The summed E-state index contributed by atoms with van der Waals surface area (Å²) >= 11 is 0. The molecule has 6 nitrogen and oxygen atoms in total. The van der Waals surface area contributed by atoms with Crippen LogP contribution in [-0.2, 0) is 6.42 Å². The molecule has 0 atom stereocenters. The molecule has 1 aromatic heterocycles. The van der Waals surface area contributed by atoms with Crippen LogP contribution >= 0.6 is 0 Å². The third-order valence-corrected chi connectivity index (χ3v) is 5.85. The van der Waals surface area contributed by atoms with E-state index in [1.807, 2.05) is 26.8 Å². The maximum absolute atomic E-state index is 13.6. The van der Waals surface area contributed by atoms with Crippen LogP contribution in [0.4, 0.5) is 10.1 Å². The quantitative estimate of drug-likeness (QED) is 0.628. The van der Waals surface area contributed by atoms with E-state index in [1.54, 1.807) is 12.1 Å². The first-order valence-electron chi connectivity index (χ1n) is 10.6. The van der Waals surface area contributed by atoms with Crippen molar-refractivity contribution in [2.24, 2.45) is 5.41 Å². The lowest BCUT2D eigenvalue weighted by Gasteiger charge is -2.31. The Morgan fingerprint density at radius 3 is 2.45 bits per heavy atom. The van der Waals surface area contributed by atoms with E-state index in [2.05, 4.69) is 5.32 Å². The first kappa shape index (κ1) is 22.5. The number of ketones is 1. The highest BCUT2D eigenvalue weighted by Gasteiger charge is 2.36. The minimum Gasteiger partial charge on any atom is -0.495 e. The predicted octanol–water partition coefficient (Wildman–Crippen LogP) is 4.70. The van der Waals surface area contributed by atoms with Crippen LogP contribution in [-0.4, -0.2) is 23.4 Å². The number of anilines is 1. The molecule has 1 heterocycles. The number of aryl methyl sites for hydroxylation is 1. The highest BCUT2D eigenvalue weighted by molar-refractivity contribution is 6.09. The molecule has 7 heteroatoms. The molecule has 2 aromatic carbocycles. The second-order valence-electron chi connectivity index (χ2n) is 9.15. The number of aromatic nitrogens is 1. The van der Waals surface area contributed by atoms with Gasteiger partial charge in [0.25, 0.3) is 11.5 Å². The Morgan fingerprint density at radius 2 is 1.79 bits per heavy atom. The van der Waals surface area contributed by atoms with Crippen molar-refractivity contribution in [2.45, 2.75) is 33.6 Å². The number of Topliss-reactive ketones (excluding diaryl/α,β-unsaturated/α-hetero) is 1. The number of rotatable bonds is 4. The fourth-order valence-corrected chi connectivity index (χ4v) is 4.28. The highest BCUT2D eigenvalue weighted by Crippen LogP contribution is 2.36. The molecule has 0 saturated carbocycles. The highest BCUT2D eigenvalue weighted by atomic mass is 19.1. The number of halogens is 1. The molecular formula is C26H25FN2O4. The molecule has 0 aliphatic heterocycles. The van der Waals surface area contributed by atoms with Gasteiger partial charge in [-0.25, -0.2) is 4.39 Å². The molecule has 1 aliphatic rings. The zero-order valence-corrected chi connectivity index (χ0v) is 19.0. The van der Waals surface area contributed by atoms with Gasteiger partial charge in [-0.15, -0.1) is 0 Å². The number of carbonyl (C=O) groups excluding carboxylic acids is 2. The molecule has 0 radical (unpaired) electrons. The minimum absolute atomic E-state index is 0.0958. The first-order valence-corrected chi connectivity index (χ1v) is 10.6. The van der Waals surface area contributed by atoms with Gasteiger partial charge in [0, 0.05) is 23.9 Å². The van der Waals surface area contributed by atoms with Crippen LogP contribution in [0.3, 0.4) is 0 Å². The van der Waals surface area contributed by atoms with Crippen molar-refractivity contribution >= 4 is 17.4 Å². The Balaban J connectivity index is 1.91. The Bertz CT molecular complexity index is 1320. The van der Waals surface area contributed by atoms with Crippen LogP contribution < -0.4 is 15.6 Å². The van der Waals surface area contributed by atoms with Crippen LogP contribution in [0.25, 0.3) is 5.69 Å². The largest absolute Gasteiger partial charge is 0.495 e. The number of hydrogen-bond donors (Lipinski definition) is 1. The minimum atomic E-state index is -0.623. The van der Waals surface area contributed by atoms with Crippen LogP contribution in [0.2, 0.25) is 0 Å². The number of methoxy groups -OCH3 is 1. The van der Waals surface area contributed by atoms with Gasteiger partial charge in [-0.3, -0.25) is 19.0 Å². The predicted molar refractivity (Wildman–Crippen MR) is 124 cm³/mol. The molecule has 1 amide bonds. The van der Waals surface area contributed by atoms with Gasteiger partial charge < -0.3 is 10.1 Å². The molecule has 3 aromatic rings. The SMILES string of the molecule is COc1ccc(C)cc1NC(=O)c1c2c(cn(-c3ccc(F)cc3)c1=O)C(=O)CC(C)(C)C2. The van der Waals surface area contributed by atoms with Crippen molar-refractivity contribution in [1.82, 2.24) is 4.57 Å². The normalized spacial score (nSPS) is 14.5. The Labute approximate surface area is 191 Å². The third-order valence-electron chi connectivity index (χ3n) is 5.85. The summed E-state index contributed by atoms with van der Waals surface area (Å²) in [5, 5.41) is 2.79. The van der Waals surface area contributed by atoms with E-state index in [0.29, 0.717) is 41.1 Å². The van der Waals surface area contributed by atoms with Crippen LogP contribution in [0.5, 0.6) is 5.75 Å². The second kappa shape index (κ2) is 8.31. The average Bonchev–Trinajstić information content (AvgIpc) is 2.73. The second-order valence-corrected chi connectivity index (χ2v) is 9.15. The van der Waals surface area contributed by atoms with Gasteiger partial charge in [0.2, 0.25) is 0 Å². The van der Waals surface area contributed by atoms with E-state index in [0.717, 1.165) is 5.56 Å². The summed E-state index contributed by atoms with van der Waals surface area (Å²) in [6.07, 6.45) is 2.17. The van der Waals surface area contributed by atoms with Crippen LogP contribution in [0.1, 0.15) is 52.1 Å². The van der Waals surface area contributed by atoms with Gasteiger partial charge in [-0.2, -0.15) is 0 Å². The number of fused-ring (bicyclic) bond motifs is 1. The standard InChI is InChI=1S/C26H25FN2O4/c1-15-5-10-22(33-4)20(11-15)28-24(31)23-18-12-26(2,3)13-21(30)19(18)14-29(25(23)32)17-8-6-16(27)7-9-17/h5-11,14H,12-13H2,1-4H3,(H,28,31). The summed E-state index contributed by atoms with van der Waals surface area (Å²) in [5.41, 5.74) is 1.40. The van der Waals surface area contributed by atoms with Crippen LogP contribution in [0.15, 0.2) is 53.5 Å². The fourth-order valence-electron chi connectivity index (χ4n) is 4.28. The number of pyridine rings is 1. The lowest BCUT2D eigenvalue weighted by atomic mass is 9.73. The molecule has 170 valence electrons. The number of benzene rings is 2. The van der Waals surface area contributed by atoms with Crippen molar-refractivity contribution in [3.05, 3.63) is 87.1 Å². The molecule has 1 N–H and O–H groups in total. The van der Waals surface area contributed by atoms with Crippen molar-refractivity contribution < 1.29 is 18.7 Å². The number of carbonyl (C=O) groups is 2. The first-order chi connectivity index (χ1) is 15.6. The van der Waals surface area contributed by atoms with Gasteiger partial charge in [0.05, 0.1) is 12.8 Å². The molecular weight excluding hydrogens is 423 g/mol.